The Labute approximate surface area is 158 Å². The molecule has 9 heteroatoms. The van der Waals surface area contributed by atoms with Crippen molar-refractivity contribution in [2.75, 3.05) is 30.4 Å². The number of aryl methyl sites for hydroxylation is 1. The summed E-state index contributed by atoms with van der Waals surface area (Å²) in [5.74, 6) is 5.04. The molecule has 0 aliphatic carbocycles. The van der Waals surface area contributed by atoms with Crippen LogP contribution in [0.3, 0.4) is 0 Å². The van der Waals surface area contributed by atoms with E-state index in [2.05, 4.69) is 51.5 Å². The average molecular weight is 367 g/mol. The van der Waals surface area contributed by atoms with Gasteiger partial charge in [-0.1, -0.05) is 0 Å². The molecule has 1 saturated heterocycles. The van der Waals surface area contributed by atoms with Crippen molar-refractivity contribution in [3.8, 4) is 0 Å². The third-order valence-corrected chi connectivity index (χ3v) is 5.28. The molecular weight excluding hydrogens is 342 g/mol. The van der Waals surface area contributed by atoms with Crippen molar-refractivity contribution in [1.82, 2.24) is 34.3 Å². The van der Waals surface area contributed by atoms with E-state index in [1.807, 2.05) is 32.4 Å². The number of hydrogen-bond acceptors (Lipinski definition) is 7. The maximum absolute atomic E-state index is 4.55. The lowest BCUT2D eigenvalue weighted by atomic mass is 9.96. The van der Waals surface area contributed by atoms with Crippen LogP contribution in [0.4, 0.5) is 11.8 Å². The van der Waals surface area contributed by atoms with E-state index in [9.17, 15) is 0 Å². The quantitative estimate of drug-likeness (QED) is 0.732. The highest BCUT2D eigenvalue weighted by Crippen LogP contribution is 2.28. The van der Waals surface area contributed by atoms with Gasteiger partial charge < -0.3 is 19.4 Å². The van der Waals surface area contributed by atoms with Crippen molar-refractivity contribution in [1.29, 1.82) is 0 Å². The fourth-order valence-corrected chi connectivity index (χ4v) is 3.57. The van der Waals surface area contributed by atoms with Crippen molar-refractivity contribution < 1.29 is 0 Å². The first-order chi connectivity index (χ1) is 13.2. The van der Waals surface area contributed by atoms with Gasteiger partial charge in [-0.05, 0) is 25.8 Å². The molecule has 27 heavy (non-hydrogen) atoms. The maximum Gasteiger partial charge on any atom is 0.227 e. The van der Waals surface area contributed by atoms with Gasteiger partial charge in [-0.25, -0.2) is 9.97 Å². The van der Waals surface area contributed by atoms with E-state index in [4.69, 9.17) is 0 Å². The van der Waals surface area contributed by atoms with Gasteiger partial charge >= 0.3 is 0 Å². The summed E-state index contributed by atoms with van der Waals surface area (Å²) in [5.41, 5.74) is 0. The minimum Gasteiger partial charge on any atom is -0.373 e. The molecule has 0 aromatic carbocycles. The zero-order valence-electron chi connectivity index (χ0n) is 16.0. The van der Waals surface area contributed by atoms with E-state index >= 15 is 0 Å². The van der Waals surface area contributed by atoms with Crippen molar-refractivity contribution in [3.05, 3.63) is 42.1 Å². The number of hydrogen-bond donors (Lipinski definition) is 1. The van der Waals surface area contributed by atoms with Gasteiger partial charge in [0.15, 0.2) is 5.82 Å². The van der Waals surface area contributed by atoms with Gasteiger partial charge in [-0.2, -0.15) is 4.98 Å². The Morgan fingerprint density at radius 1 is 1.15 bits per heavy atom. The minimum atomic E-state index is 0.406. The molecule has 0 atom stereocenters. The van der Waals surface area contributed by atoms with Crippen LogP contribution in [0.25, 0.3) is 0 Å². The van der Waals surface area contributed by atoms with Crippen LogP contribution in [0.1, 0.15) is 36.2 Å². The van der Waals surface area contributed by atoms with Gasteiger partial charge in [0.05, 0.1) is 6.54 Å². The second kappa shape index (κ2) is 7.34. The van der Waals surface area contributed by atoms with Gasteiger partial charge in [0.1, 0.15) is 17.5 Å². The lowest BCUT2D eigenvalue weighted by Crippen LogP contribution is -2.34. The number of imidazole rings is 1. The topological polar surface area (TPSA) is 89.6 Å². The van der Waals surface area contributed by atoms with Crippen molar-refractivity contribution in [3.63, 3.8) is 0 Å². The summed E-state index contributed by atoms with van der Waals surface area (Å²) in [6.45, 7) is 4.53. The normalized spacial score (nSPS) is 15.3. The summed E-state index contributed by atoms with van der Waals surface area (Å²) in [7, 11) is 3.93. The Morgan fingerprint density at radius 3 is 2.67 bits per heavy atom. The largest absolute Gasteiger partial charge is 0.373 e. The average Bonchev–Trinajstić information content (AvgIpc) is 3.28. The Hall–Kier alpha value is -2.97. The van der Waals surface area contributed by atoms with Crippen molar-refractivity contribution >= 4 is 11.8 Å². The molecule has 9 nitrogen and oxygen atoms in total. The van der Waals surface area contributed by atoms with Gasteiger partial charge in [0, 0.05) is 51.7 Å². The molecule has 1 aliphatic heterocycles. The predicted molar refractivity (Wildman–Crippen MR) is 103 cm³/mol. The van der Waals surface area contributed by atoms with Gasteiger partial charge in [-0.3, -0.25) is 0 Å². The van der Waals surface area contributed by atoms with Crippen LogP contribution in [0.15, 0.2) is 24.7 Å². The standard InChI is InChI=1S/C18H25N9/c1-13-20-8-11-27(13)12-16-23-24-17(25(16)3)14-5-9-26(10-6-14)18-21-7-4-15(19-2)22-18/h4,7-8,11,14H,5-6,9-10,12H2,1-3H3,(H,19,21,22). The highest BCUT2D eigenvalue weighted by molar-refractivity contribution is 5.41. The molecular formula is C18H25N9. The third-order valence-electron chi connectivity index (χ3n) is 5.28. The number of nitrogens with one attached hydrogen (secondary N) is 1. The number of rotatable bonds is 5. The molecule has 0 unspecified atom stereocenters. The Morgan fingerprint density at radius 2 is 1.96 bits per heavy atom. The fourth-order valence-electron chi connectivity index (χ4n) is 3.57. The van der Waals surface area contributed by atoms with Crippen LogP contribution in [0, 0.1) is 6.92 Å². The number of piperidine rings is 1. The van der Waals surface area contributed by atoms with E-state index in [0.29, 0.717) is 12.5 Å². The zero-order valence-corrected chi connectivity index (χ0v) is 16.0. The van der Waals surface area contributed by atoms with Crippen LogP contribution < -0.4 is 10.2 Å². The van der Waals surface area contributed by atoms with Gasteiger partial charge in [0.2, 0.25) is 5.95 Å². The molecule has 0 spiro atoms. The summed E-state index contributed by atoms with van der Waals surface area (Å²) in [4.78, 5) is 15.5. The monoisotopic (exact) mass is 367 g/mol. The third kappa shape index (κ3) is 3.49. The SMILES string of the molecule is CNc1ccnc(N2CCC(c3nnc(Cn4ccnc4C)n3C)CC2)n1. The molecule has 4 rings (SSSR count). The van der Waals surface area contributed by atoms with Crippen molar-refractivity contribution in [2.24, 2.45) is 7.05 Å². The highest BCUT2D eigenvalue weighted by Gasteiger charge is 2.26. The fraction of sp³-hybridized carbons (Fsp3) is 0.500. The highest BCUT2D eigenvalue weighted by atomic mass is 15.3. The molecule has 0 amide bonds. The molecule has 142 valence electrons. The van der Waals surface area contributed by atoms with Crippen molar-refractivity contribution in [2.45, 2.75) is 32.2 Å². The number of aromatic nitrogens is 7. The molecule has 1 aliphatic rings. The molecule has 4 heterocycles. The van der Waals surface area contributed by atoms with E-state index in [-0.39, 0.29) is 0 Å². The minimum absolute atomic E-state index is 0.406. The van der Waals surface area contributed by atoms with Crippen LogP contribution in [0.2, 0.25) is 0 Å². The first-order valence-corrected chi connectivity index (χ1v) is 9.27. The van der Waals surface area contributed by atoms with Crippen LogP contribution in [0.5, 0.6) is 0 Å². The van der Waals surface area contributed by atoms with Gasteiger partial charge in [0.25, 0.3) is 0 Å². The molecule has 0 saturated carbocycles. The second-order valence-corrected chi connectivity index (χ2v) is 6.89. The lowest BCUT2D eigenvalue weighted by molar-refractivity contribution is 0.467. The predicted octanol–water partition coefficient (Wildman–Crippen LogP) is 1.58. The van der Waals surface area contributed by atoms with E-state index in [1.54, 1.807) is 6.20 Å². The molecule has 1 fully saturated rings. The smallest absolute Gasteiger partial charge is 0.227 e. The van der Waals surface area contributed by atoms with E-state index in [1.165, 1.54) is 0 Å². The molecule has 3 aromatic heterocycles. The number of anilines is 2. The Kier molecular flexibility index (Phi) is 4.74. The van der Waals surface area contributed by atoms with E-state index in [0.717, 1.165) is 55.2 Å². The summed E-state index contributed by atoms with van der Waals surface area (Å²) in [6, 6.07) is 1.87. The number of nitrogens with zero attached hydrogens (tertiary/aromatic N) is 8. The van der Waals surface area contributed by atoms with Crippen LogP contribution >= 0.6 is 0 Å². The summed E-state index contributed by atoms with van der Waals surface area (Å²) < 4.78 is 4.22. The lowest BCUT2D eigenvalue weighted by Gasteiger charge is -2.31. The molecule has 3 aromatic rings. The zero-order chi connectivity index (χ0) is 18.8. The summed E-state index contributed by atoms with van der Waals surface area (Å²) in [6.07, 6.45) is 7.62. The van der Waals surface area contributed by atoms with E-state index < -0.39 is 0 Å². The van der Waals surface area contributed by atoms with Crippen LogP contribution in [-0.2, 0) is 13.6 Å². The second-order valence-electron chi connectivity index (χ2n) is 6.89. The molecule has 1 N–H and O–H groups in total. The Balaban J connectivity index is 1.43. The van der Waals surface area contributed by atoms with Crippen LogP contribution in [-0.4, -0.2) is 54.4 Å². The van der Waals surface area contributed by atoms with Gasteiger partial charge in [-0.15, -0.1) is 10.2 Å². The summed E-state index contributed by atoms with van der Waals surface area (Å²) >= 11 is 0. The first-order valence-electron chi connectivity index (χ1n) is 9.27. The molecule has 0 bridgehead atoms. The maximum atomic E-state index is 4.55. The molecule has 0 radical (unpaired) electrons. The summed E-state index contributed by atoms with van der Waals surface area (Å²) in [5, 5.41) is 12.0. The Bertz CT molecular complexity index is 905. The first kappa shape index (κ1) is 17.4.